The van der Waals surface area contributed by atoms with Crippen LogP contribution in [0.4, 0.5) is 5.69 Å². The molecule has 3 N–H and O–H groups in total. The SMILES string of the molecule is Cc1cccc([C@H]2O[C@H](CC(=O)NCCc3ccc(OCC(=O)O)cc3)C(=O)N(CC(C)(C)CO)c3ccc(Cl)cc32)c1C.[Ac]. The van der Waals surface area contributed by atoms with Crippen LogP contribution in [0.1, 0.15) is 54.2 Å². The number of ether oxygens (including phenoxy) is 2. The van der Waals surface area contributed by atoms with Crippen LogP contribution in [0.25, 0.3) is 0 Å². The molecule has 0 bridgehead atoms. The molecular formula is C34H39AcClN2O7. The van der Waals surface area contributed by atoms with Gasteiger partial charge in [0, 0.05) is 85.4 Å². The molecule has 45 heavy (non-hydrogen) atoms. The fraction of sp³-hybridized carbons (Fsp3) is 0.382. The average molecular weight is 850 g/mol. The van der Waals surface area contributed by atoms with Crippen LogP contribution in [0.15, 0.2) is 60.7 Å². The summed E-state index contributed by atoms with van der Waals surface area (Å²) < 4.78 is 11.7. The zero-order valence-electron chi connectivity index (χ0n) is 26.0. The van der Waals surface area contributed by atoms with Gasteiger partial charge in [-0.2, -0.15) is 0 Å². The van der Waals surface area contributed by atoms with Crippen molar-refractivity contribution in [3.63, 3.8) is 0 Å². The molecule has 1 heterocycles. The molecule has 2 amide bonds. The number of aliphatic hydroxyl groups is 1. The molecule has 2 atom stereocenters. The summed E-state index contributed by atoms with van der Waals surface area (Å²) in [5.74, 6) is -1.31. The second-order valence-electron chi connectivity index (χ2n) is 11.9. The predicted octanol–water partition coefficient (Wildman–Crippen LogP) is 5.01. The summed E-state index contributed by atoms with van der Waals surface area (Å²) >= 11 is 6.47. The predicted molar refractivity (Wildman–Crippen MR) is 168 cm³/mol. The minimum absolute atomic E-state index is 0. The number of rotatable bonds is 12. The number of carbonyl (C=O) groups excluding carboxylic acids is 2. The van der Waals surface area contributed by atoms with Crippen molar-refractivity contribution in [2.75, 3.05) is 31.2 Å². The van der Waals surface area contributed by atoms with Gasteiger partial charge in [0.15, 0.2) is 6.61 Å². The molecule has 237 valence electrons. The Hall–Kier alpha value is -2.48. The van der Waals surface area contributed by atoms with E-state index in [9.17, 15) is 19.5 Å². The number of amides is 2. The minimum Gasteiger partial charge on any atom is -0.482 e. The van der Waals surface area contributed by atoms with Gasteiger partial charge in [-0.3, -0.25) is 9.59 Å². The number of fused-ring (bicyclic) bond motifs is 1. The number of carboxylic acid groups (broad SMARTS) is 1. The van der Waals surface area contributed by atoms with Crippen LogP contribution in [0.2, 0.25) is 5.02 Å². The number of nitrogens with zero attached hydrogens (tertiary/aromatic N) is 1. The molecule has 0 saturated carbocycles. The van der Waals surface area contributed by atoms with Crippen molar-refractivity contribution in [1.82, 2.24) is 5.32 Å². The fourth-order valence-electron chi connectivity index (χ4n) is 5.13. The molecule has 0 aromatic heterocycles. The summed E-state index contributed by atoms with van der Waals surface area (Å²) in [5, 5.41) is 22.2. The molecule has 0 unspecified atom stereocenters. The van der Waals surface area contributed by atoms with Crippen LogP contribution in [-0.4, -0.2) is 60.4 Å². The van der Waals surface area contributed by atoms with Gasteiger partial charge in [0.2, 0.25) is 5.91 Å². The number of benzene rings is 3. The summed E-state index contributed by atoms with van der Waals surface area (Å²) in [5.41, 5.74) is 4.62. The van der Waals surface area contributed by atoms with E-state index in [4.69, 9.17) is 26.2 Å². The number of hydrogen-bond acceptors (Lipinski definition) is 6. The van der Waals surface area contributed by atoms with E-state index >= 15 is 0 Å². The molecule has 3 aromatic rings. The van der Waals surface area contributed by atoms with E-state index in [1.807, 2.05) is 45.9 Å². The summed E-state index contributed by atoms with van der Waals surface area (Å²) in [6, 6.07) is 18.2. The normalized spacial score (nSPS) is 16.3. The number of nitrogens with one attached hydrogen (secondary N) is 1. The van der Waals surface area contributed by atoms with Crippen LogP contribution < -0.4 is 15.0 Å². The van der Waals surface area contributed by atoms with Crippen molar-refractivity contribution in [2.24, 2.45) is 5.41 Å². The fourth-order valence-corrected chi connectivity index (χ4v) is 5.31. The maximum Gasteiger partial charge on any atom is 0.341 e. The third-order valence-electron chi connectivity index (χ3n) is 7.74. The number of carboxylic acids is 1. The molecule has 0 saturated heterocycles. The zero-order chi connectivity index (χ0) is 32.0. The van der Waals surface area contributed by atoms with Gasteiger partial charge < -0.3 is 29.9 Å². The Labute approximate surface area is 304 Å². The summed E-state index contributed by atoms with van der Waals surface area (Å²) in [6.45, 7) is 7.73. The molecule has 11 heteroatoms. The summed E-state index contributed by atoms with van der Waals surface area (Å²) in [6.07, 6.45) is -1.42. The standard InChI is InChI=1S/C34H39ClN2O7.Ac/c1-21-6-5-7-26(22(21)2)32-27-16-24(35)10-13-28(27)37(19-34(3,4)20-38)33(42)29(44-32)17-30(39)36-15-14-23-8-11-25(12-9-23)43-18-31(40)41;/h5-13,16,29,32,38H,14-15,17-20H2,1-4H3,(H,36,39)(H,40,41);/t29-,32-;/m1./s1. The van der Waals surface area contributed by atoms with Crippen LogP contribution >= 0.6 is 11.6 Å². The van der Waals surface area contributed by atoms with Gasteiger partial charge >= 0.3 is 5.97 Å². The molecular weight excluding hydrogens is 811 g/mol. The third kappa shape index (κ3) is 9.76. The molecule has 1 aliphatic heterocycles. The van der Waals surface area contributed by atoms with Crippen molar-refractivity contribution >= 4 is 35.1 Å². The quantitative estimate of drug-likeness (QED) is 0.234. The van der Waals surface area contributed by atoms with Crippen LogP contribution in [-0.2, 0) is 25.5 Å². The number of aliphatic carboxylic acids is 1. The monoisotopic (exact) mass is 849 g/mol. The minimum atomic E-state index is -1.09. The van der Waals surface area contributed by atoms with E-state index in [1.165, 1.54) is 0 Å². The van der Waals surface area contributed by atoms with Crippen molar-refractivity contribution in [1.29, 1.82) is 0 Å². The Bertz CT molecular complexity index is 1510. The second kappa shape index (κ2) is 16.4. The molecule has 9 nitrogen and oxygen atoms in total. The van der Waals surface area contributed by atoms with Crippen LogP contribution in [0.3, 0.4) is 0 Å². The van der Waals surface area contributed by atoms with E-state index in [0.717, 1.165) is 22.3 Å². The van der Waals surface area contributed by atoms with Gasteiger partial charge in [-0.25, -0.2) is 4.79 Å². The van der Waals surface area contributed by atoms with E-state index in [0.29, 0.717) is 35.0 Å². The Kier molecular flexibility index (Phi) is 13.5. The van der Waals surface area contributed by atoms with Gasteiger partial charge in [0.05, 0.1) is 6.42 Å². The van der Waals surface area contributed by atoms with Gasteiger partial charge in [-0.1, -0.05) is 55.8 Å². The smallest absolute Gasteiger partial charge is 0.341 e. The van der Waals surface area contributed by atoms with Crippen LogP contribution in [0, 0.1) is 63.3 Å². The van der Waals surface area contributed by atoms with Crippen molar-refractivity contribution in [3.05, 3.63) is 93.5 Å². The zero-order valence-corrected chi connectivity index (χ0v) is 31.5. The number of carbonyl (C=O) groups is 3. The molecule has 1 radical (unpaired) electrons. The topological polar surface area (TPSA) is 125 Å². The number of hydrogen-bond donors (Lipinski definition) is 3. The van der Waals surface area contributed by atoms with Gasteiger partial charge in [0.1, 0.15) is 18.0 Å². The van der Waals surface area contributed by atoms with E-state index in [2.05, 4.69) is 5.32 Å². The van der Waals surface area contributed by atoms with E-state index < -0.39 is 30.2 Å². The van der Waals surface area contributed by atoms with E-state index in [1.54, 1.807) is 47.4 Å². The molecule has 0 fully saturated rings. The molecule has 4 rings (SSSR count). The first kappa shape index (κ1) is 37.0. The molecule has 3 aromatic carbocycles. The first-order chi connectivity index (χ1) is 20.9. The first-order valence-electron chi connectivity index (χ1n) is 14.5. The van der Waals surface area contributed by atoms with Crippen LogP contribution in [0.5, 0.6) is 5.75 Å². The van der Waals surface area contributed by atoms with Gasteiger partial charge in [0.25, 0.3) is 5.91 Å². The first-order valence-corrected chi connectivity index (χ1v) is 14.9. The Morgan fingerprint density at radius 2 is 1.78 bits per heavy atom. The third-order valence-corrected chi connectivity index (χ3v) is 7.98. The average Bonchev–Trinajstić information content (AvgIpc) is 3.08. The number of halogens is 1. The van der Waals surface area contributed by atoms with Crippen molar-refractivity contribution in [2.45, 2.75) is 52.7 Å². The Morgan fingerprint density at radius 3 is 2.44 bits per heavy atom. The maximum absolute atomic E-state index is 14.1. The van der Waals surface area contributed by atoms with Gasteiger partial charge in [-0.15, -0.1) is 0 Å². The Balaban J connectivity index is 0.00000552. The largest absolute Gasteiger partial charge is 0.482 e. The summed E-state index contributed by atoms with van der Waals surface area (Å²) in [4.78, 5) is 39.6. The molecule has 0 spiro atoms. The number of anilines is 1. The van der Waals surface area contributed by atoms with Gasteiger partial charge in [-0.05, 0) is 72.9 Å². The Morgan fingerprint density at radius 1 is 1.07 bits per heavy atom. The molecule has 0 aliphatic carbocycles. The van der Waals surface area contributed by atoms with Crippen molar-refractivity contribution < 1.29 is 78.1 Å². The second-order valence-corrected chi connectivity index (χ2v) is 12.3. The number of aliphatic hydroxyl groups excluding tert-OH is 1. The summed E-state index contributed by atoms with van der Waals surface area (Å²) in [7, 11) is 0. The molecule has 1 aliphatic rings. The van der Waals surface area contributed by atoms with Crippen molar-refractivity contribution in [3.8, 4) is 5.75 Å². The number of aryl methyl sites for hydroxylation is 1. The maximum atomic E-state index is 14.1. The van der Waals surface area contributed by atoms with E-state index in [-0.39, 0.29) is 75.4 Å².